The van der Waals surface area contributed by atoms with Gasteiger partial charge in [0.05, 0.1) is 44.6 Å². The molecule has 1 aliphatic carbocycles. The van der Waals surface area contributed by atoms with Crippen molar-refractivity contribution < 1.29 is 23.8 Å². The van der Waals surface area contributed by atoms with Gasteiger partial charge >= 0.3 is 0 Å². The van der Waals surface area contributed by atoms with Crippen molar-refractivity contribution >= 4 is 45.6 Å². The number of nitriles is 1. The van der Waals surface area contributed by atoms with Gasteiger partial charge in [-0.2, -0.15) is 5.26 Å². The molecular weight excluding hydrogens is 578 g/mol. The molecule has 12 nitrogen and oxygen atoms in total. The zero-order chi connectivity index (χ0) is 29.8. The largest absolute Gasteiger partial charge is 0.493 e. The Labute approximate surface area is 250 Å². The van der Waals surface area contributed by atoms with Crippen LogP contribution >= 0.6 is 23.1 Å². The Hall–Kier alpha value is -4.61. The molecule has 3 N–H and O–H groups in total. The number of amides is 1. The Balaban J connectivity index is 1.37. The van der Waals surface area contributed by atoms with Gasteiger partial charge in [0, 0.05) is 47.9 Å². The summed E-state index contributed by atoms with van der Waals surface area (Å²) in [5, 5.41) is 21.9. The molecule has 0 bridgehead atoms. The minimum absolute atomic E-state index is 0.0297. The number of nitrogens with two attached hydrogens (primary N) is 1. The summed E-state index contributed by atoms with van der Waals surface area (Å²) in [5.74, 6) is 0.599. The summed E-state index contributed by atoms with van der Waals surface area (Å²) in [6.07, 6.45) is 4.93. The van der Waals surface area contributed by atoms with E-state index < -0.39 is 5.92 Å². The topological polar surface area (TPSA) is 166 Å². The molecule has 14 heteroatoms. The second-order valence-corrected chi connectivity index (χ2v) is 11.4. The Morgan fingerprint density at radius 1 is 1.21 bits per heavy atom. The van der Waals surface area contributed by atoms with Crippen LogP contribution in [-0.4, -0.2) is 54.0 Å². The third-order valence-corrected chi connectivity index (χ3v) is 8.84. The minimum atomic E-state index is -0.594. The molecule has 2 aromatic heterocycles. The van der Waals surface area contributed by atoms with Gasteiger partial charge < -0.3 is 25.3 Å². The lowest BCUT2D eigenvalue weighted by molar-refractivity contribution is -0.116. The van der Waals surface area contributed by atoms with Crippen LogP contribution in [0.5, 0.6) is 17.2 Å². The zero-order valence-corrected chi connectivity index (χ0v) is 24.7. The molecule has 42 heavy (non-hydrogen) atoms. The molecule has 0 radical (unpaired) electrons. The first-order valence-electron chi connectivity index (χ1n) is 12.8. The first-order chi connectivity index (χ1) is 20.4. The van der Waals surface area contributed by atoms with E-state index in [2.05, 4.69) is 26.6 Å². The lowest BCUT2D eigenvalue weighted by Crippen LogP contribution is -2.38. The fourth-order valence-corrected chi connectivity index (χ4v) is 6.69. The van der Waals surface area contributed by atoms with Crippen molar-refractivity contribution in [2.45, 2.75) is 29.5 Å². The van der Waals surface area contributed by atoms with Gasteiger partial charge in [0.2, 0.25) is 16.8 Å². The fourth-order valence-electron chi connectivity index (χ4n) is 5.01. The summed E-state index contributed by atoms with van der Waals surface area (Å²) < 4.78 is 16.5. The predicted octanol–water partition coefficient (Wildman–Crippen LogP) is 3.99. The van der Waals surface area contributed by atoms with E-state index in [0.717, 1.165) is 5.56 Å². The highest BCUT2D eigenvalue weighted by atomic mass is 32.2. The Morgan fingerprint density at radius 3 is 2.62 bits per heavy atom. The summed E-state index contributed by atoms with van der Waals surface area (Å²) in [6.45, 7) is 0. The number of nitrogens with one attached hydrogen (secondary N) is 1. The van der Waals surface area contributed by atoms with Crippen LogP contribution in [0.3, 0.4) is 0 Å². The Bertz CT molecular complexity index is 1610. The average Bonchev–Trinajstić information content (AvgIpc) is 3.47. The van der Waals surface area contributed by atoms with Crippen molar-refractivity contribution in [1.29, 1.82) is 5.26 Å². The van der Waals surface area contributed by atoms with Crippen LogP contribution in [0.4, 0.5) is 10.8 Å². The fraction of sp³-hybridized carbons (Fsp3) is 0.286. The van der Waals surface area contributed by atoms with Gasteiger partial charge in [-0.25, -0.2) is 0 Å². The number of hydrogen-bond acceptors (Lipinski definition) is 13. The summed E-state index contributed by atoms with van der Waals surface area (Å²) in [7, 11) is 4.50. The van der Waals surface area contributed by atoms with Crippen molar-refractivity contribution in [3.05, 3.63) is 64.9 Å². The van der Waals surface area contributed by atoms with Gasteiger partial charge in [-0.15, -0.1) is 10.2 Å². The van der Waals surface area contributed by atoms with E-state index in [1.807, 2.05) is 6.07 Å². The van der Waals surface area contributed by atoms with Crippen molar-refractivity contribution in [2.75, 3.05) is 37.3 Å². The highest BCUT2D eigenvalue weighted by Gasteiger charge is 2.41. The van der Waals surface area contributed by atoms with E-state index >= 15 is 0 Å². The predicted molar refractivity (Wildman–Crippen MR) is 158 cm³/mol. The number of hydrogen-bond donors (Lipinski definition) is 2. The third kappa shape index (κ3) is 5.48. The lowest BCUT2D eigenvalue weighted by atomic mass is 9.76. The molecule has 0 fully saturated rings. The maximum atomic E-state index is 13.2. The molecule has 0 saturated heterocycles. The smallest absolute Gasteiger partial charge is 0.234 e. The number of rotatable bonds is 9. The van der Waals surface area contributed by atoms with Crippen LogP contribution < -0.4 is 30.2 Å². The second-order valence-electron chi connectivity index (χ2n) is 9.20. The van der Waals surface area contributed by atoms with E-state index in [1.165, 1.54) is 44.4 Å². The highest BCUT2D eigenvalue weighted by Crippen LogP contribution is 2.47. The normalized spacial score (nSPS) is 16.6. The van der Waals surface area contributed by atoms with Gasteiger partial charge in [0.1, 0.15) is 5.82 Å². The van der Waals surface area contributed by atoms with Crippen LogP contribution in [-0.2, 0) is 9.59 Å². The van der Waals surface area contributed by atoms with Crippen LogP contribution in [0, 0.1) is 11.3 Å². The molecule has 0 spiro atoms. The van der Waals surface area contributed by atoms with Crippen LogP contribution in [0.1, 0.15) is 30.7 Å². The molecule has 3 aromatic rings. The van der Waals surface area contributed by atoms with Gasteiger partial charge in [-0.3, -0.25) is 19.5 Å². The average molecular weight is 606 g/mol. The minimum Gasteiger partial charge on any atom is -0.493 e. The lowest BCUT2D eigenvalue weighted by Gasteiger charge is -2.37. The summed E-state index contributed by atoms with van der Waals surface area (Å²) in [5.41, 5.74) is 9.30. The van der Waals surface area contributed by atoms with Crippen molar-refractivity contribution in [2.24, 2.45) is 5.73 Å². The van der Waals surface area contributed by atoms with Gasteiger partial charge in [-0.05, 0) is 24.5 Å². The molecule has 1 unspecified atom stereocenters. The summed E-state index contributed by atoms with van der Waals surface area (Å²) in [4.78, 5) is 31.8. The number of allylic oxidation sites excluding steroid dienone is 3. The van der Waals surface area contributed by atoms with E-state index in [1.54, 1.807) is 35.5 Å². The van der Waals surface area contributed by atoms with Crippen molar-refractivity contribution in [3.63, 3.8) is 0 Å². The quantitative estimate of drug-likeness (QED) is 0.337. The van der Waals surface area contributed by atoms with E-state index in [4.69, 9.17) is 19.9 Å². The van der Waals surface area contributed by atoms with E-state index in [-0.39, 0.29) is 28.8 Å². The maximum absolute atomic E-state index is 13.2. The number of anilines is 2. The SMILES string of the molecule is COc1cc(NC(=O)CSc2nnc(N3C(N)=C(C#N)C(c4cccnc4)C4=C3CCCC4=O)s2)cc(OC)c1OC. The number of aromatic nitrogens is 3. The molecule has 1 atom stereocenters. The molecule has 1 aromatic carbocycles. The maximum Gasteiger partial charge on any atom is 0.234 e. The first-order valence-corrected chi connectivity index (χ1v) is 14.6. The Kier molecular flexibility index (Phi) is 8.60. The number of ether oxygens (including phenoxy) is 3. The van der Waals surface area contributed by atoms with Crippen LogP contribution in [0.2, 0.25) is 0 Å². The summed E-state index contributed by atoms with van der Waals surface area (Å²) >= 11 is 2.42. The number of Topliss-reactive ketones (excluding diaryl/α,β-unsaturated/α-hetero) is 1. The molecule has 216 valence electrons. The Morgan fingerprint density at radius 2 is 1.98 bits per heavy atom. The monoisotopic (exact) mass is 605 g/mol. The van der Waals surface area contributed by atoms with Crippen molar-refractivity contribution in [1.82, 2.24) is 15.2 Å². The number of benzene rings is 1. The third-order valence-electron chi connectivity index (χ3n) is 6.79. The number of methoxy groups -OCH3 is 3. The van der Waals surface area contributed by atoms with Gasteiger partial charge in [-0.1, -0.05) is 29.2 Å². The number of pyridine rings is 1. The molecule has 5 rings (SSSR count). The van der Waals surface area contributed by atoms with Crippen LogP contribution in [0.15, 0.2) is 63.7 Å². The number of carbonyl (C=O) groups excluding carboxylic acids is 2. The zero-order valence-electron chi connectivity index (χ0n) is 23.0. The molecule has 1 aliphatic heterocycles. The number of nitrogens with zero attached hydrogens (tertiary/aromatic N) is 5. The standard InChI is InChI=1S/C28H27N7O5S2/c1-38-20-10-16(11-21(39-2)25(20)40-3)32-22(37)14-41-28-34-33-27(42-28)35-18-7-4-8-19(36)24(18)23(17(12-29)26(35)30)15-6-5-9-31-13-15/h5-6,9-11,13,23H,4,7-8,14,30H2,1-3H3,(H,32,37). The molecule has 2 aliphatic rings. The molecule has 3 heterocycles. The van der Waals surface area contributed by atoms with Crippen LogP contribution in [0.25, 0.3) is 0 Å². The van der Waals surface area contributed by atoms with Crippen molar-refractivity contribution in [3.8, 4) is 23.3 Å². The van der Waals surface area contributed by atoms with Gasteiger partial charge in [0.15, 0.2) is 21.6 Å². The van der Waals surface area contributed by atoms with E-state index in [0.29, 0.717) is 62.9 Å². The van der Waals surface area contributed by atoms with E-state index in [9.17, 15) is 14.9 Å². The molecule has 1 amide bonds. The number of carbonyl (C=O) groups is 2. The molecular formula is C28H27N7O5S2. The highest BCUT2D eigenvalue weighted by molar-refractivity contribution is 8.01. The number of thioether (sulfide) groups is 1. The summed E-state index contributed by atoms with van der Waals surface area (Å²) in [6, 6.07) is 9.11. The van der Waals surface area contributed by atoms with Gasteiger partial charge in [0.25, 0.3) is 0 Å². The second kappa shape index (κ2) is 12.5. The molecule has 0 saturated carbocycles. The number of ketones is 1. The first kappa shape index (κ1) is 28.9.